The average Bonchev–Trinajstić information content (AvgIpc) is 2.87. The predicted octanol–water partition coefficient (Wildman–Crippen LogP) is 4.39. The van der Waals surface area contributed by atoms with Crippen LogP contribution < -0.4 is 5.43 Å². The van der Waals surface area contributed by atoms with Crippen LogP contribution >= 0.6 is 11.8 Å². The van der Waals surface area contributed by atoms with Crippen molar-refractivity contribution in [3.05, 3.63) is 5.82 Å². The molecule has 144 valence electrons. The summed E-state index contributed by atoms with van der Waals surface area (Å²) in [5.74, 6) is 0.600. The second-order valence-corrected chi connectivity index (χ2v) is 10.5. The highest BCUT2D eigenvalue weighted by molar-refractivity contribution is 7.99. The van der Waals surface area contributed by atoms with Gasteiger partial charge in [-0.25, -0.2) is 13.5 Å². The summed E-state index contributed by atoms with van der Waals surface area (Å²) >= 11 is 1.30. The number of rotatable bonds is 5. The minimum atomic E-state index is -2.78. The van der Waals surface area contributed by atoms with E-state index in [9.17, 15) is 13.6 Å². The van der Waals surface area contributed by atoms with Gasteiger partial charge in [0.15, 0.2) is 0 Å². The molecule has 8 heteroatoms. The number of nitrogens with zero attached hydrogens (tertiary/aromatic N) is 3. The van der Waals surface area contributed by atoms with Gasteiger partial charge >= 0.3 is 0 Å². The highest BCUT2D eigenvalue weighted by Gasteiger charge is 2.62. The zero-order valence-corrected chi connectivity index (χ0v) is 16.3. The van der Waals surface area contributed by atoms with Gasteiger partial charge in [0.25, 0.3) is 6.43 Å². The van der Waals surface area contributed by atoms with Gasteiger partial charge in [-0.2, -0.15) is 0 Å². The molecule has 0 spiro atoms. The zero-order valence-electron chi connectivity index (χ0n) is 15.5. The summed E-state index contributed by atoms with van der Waals surface area (Å²) in [6.07, 6.45) is 3.32. The van der Waals surface area contributed by atoms with Crippen LogP contribution in [0.4, 0.5) is 8.78 Å². The number of nitrogens with one attached hydrogen (secondary N) is 1. The molecule has 1 N–H and O–H groups in total. The van der Waals surface area contributed by atoms with Gasteiger partial charge in [-0.1, -0.05) is 32.5 Å². The van der Waals surface area contributed by atoms with Crippen molar-refractivity contribution in [2.24, 2.45) is 22.2 Å². The minimum absolute atomic E-state index is 0.140. The Morgan fingerprint density at radius 1 is 1.23 bits per heavy atom. The molecule has 4 aliphatic carbocycles. The second kappa shape index (κ2) is 5.91. The Morgan fingerprint density at radius 3 is 2.42 bits per heavy atom. The van der Waals surface area contributed by atoms with E-state index in [0.717, 1.165) is 30.4 Å². The molecule has 2 atom stereocenters. The van der Waals surface area contributed by atoms with Crippen molar-refractivity contribution in [2.75, 3.05) is 11.2 Å². The second-order valence-electron chi connectivity index (χ2n) is 9.26. The molecule has 1 aromatic rings. The summed E-state index contributed by atoms with van der Waals surface area (Å²) in [4.78, 5) is 13.3. The number of carbonyl (C=O) groups excluding carboxylic acids is 1. The van der Waals surface area contributed by atoms with E-state index in [1.165, 1.54) is 24.6 Å². The van der Waals surface area contributed by atoms with Crippen LogP contribution in [0.15, 0.2) is 5.16 Å². The molecule has 26 heavy (non-hydrogen) atoms. The molecule has 2 unspecified atom stereocenters. The van der Waals surface area contributed by atoms with Crippen LogP contribution in [0.3, 0.4) is 0 Å². The molecule has 4 fully saturated rings. The lowest BCUT2D eigenvalue weighted by Crippen LogP contribution is -2.59. The summed E-state index contributed by atoms with van der Waals surface area (Å²) in [6.45, 7) is 6.49. The van der Waals surface area contributed by atoms with Crippen LogP contribution in [-0.4, -0.2) is 26.5 Å². The number of halogens is 2. The molecule has 0 aromatic carbocycles. The minimum Gasteiger partial charge on any atom is -0.273 e. The van der Waals surface area contributed by atoms with Gasteiger partial charge < -0.3 is 0 Å². The van der Waals surface area contributed by atoms with Crippen LogP contribution in [-0.2, 0) is 4.79 Å². The maximum absolute atomic E-state index is 13.3. The highest BCUT2D eigenvalue weighted by Crippen LogP contribution is 2.69. The van der Waals surface area contributed by atoms with E-state index in [-0.39, 0.29) is 16.7 Å². The van der Waals surface area contributed by atoms with E-state index in [4.69, 9.17) is 0 Å². The average molecular weight is 384 g/mol. The largest absolute Gasteiger partial charge is 0.299 e. The number of alkyl halides is 2. The Bertz CT molecular complexity index is 719. The standard InChI is InChI=1S/C18H26F2N4OS/c1-4-26-15-22-21-13(12(19)20)24(15)23-14(25)18-7-11-5-16(2,9-18)8-17(3,6-11)10-18/h11-12H,4-10H2,1-3H3,(H,23,25). The first-order valence-corrected chi connectivity index (χ1v) is 10.3. The lowest BCUT2D eigenvalue weighted by atomic mass is 9.40. The molecule has 0 radical (unpaired) electrons. The van der Waals surface area contributed by atoms with Crippen LogP contribution in [0.2, 0.25) is 0 Å². The van der Waals surface area contributed by atoms with E-state index in [1.807, 2.05) is 6.92 Å². The number of hydrogen-bond donors (Lipinski definition) is 1. The van der Waals surface area contributed by atoms with Crippen LogP contribution in [0.25, 0.3) is 0 Å². The van der Waals surface area contributed by atoms with E-state index in [2.05, 4.69) is 29.5 Å². The zero-order chi connectivity index (χ0) is 18.7. The predicted molar refractivity (Wildman–Crippen MR) is 95.6 cm³/mol. The molecule has 5 rings (SSSR count). The Balaban J connectivity index is 1.64. The van der Waals surface area contributed by atoms with Crippen molar-refractivity contribution in [1.29, 1.82) is 0 Å². The number of hydrogen-bond acceptors (Lipinski definition) is 4. The fourth-order valence-corrected chi connectivity index (χ4v) is 7.30. The first-order valence-electron chi connectivity index (χ1n) is 9.35. The molecule has 1 heterocycles. The molecule has 1 aromatic heterocycles. The van der Waals surface area contributed by atoms with E-state index < -0.39 is 17.7 Å². The Labute approximate surface area is 156 Å². The molecule has 1 amide bonds. The normalized spacial score (nSPS) is 38.2. The van der Waals surface area contributed by atoms with Crippen molar-refractivity contribution in [2.45, 2.75) is 70.9 Å². The first-order chi connectivity index (χ1) is 12.2. The van der Waals surface area contributed by atoms with Gasteiger partial charge in [0, 0.05) is 0 Å². The van der Waals surface area contributed by atoms with Crippen molar-refractivity contribution >= 4 is 17.7 Å². The van der Waals surface area contributed by atoms with Crippen molar-refractivity contribution in [1.82, 2.24) is 14.9 Å². The van der Waals surface area contributed by atoms with Crippen LogP contribution in [0.5, 0.6) is 0 Å². The number of carbonyl (C=O) groups is 1. The highest BCUT2D eigenvalue weighted by atomic mass is 32.2. The molecule has 5 nitrogen and oxygen atoms in total. The Hall–Kier alpha value is -1.18. The summed E-state index contributed by atoms with van der Waals surface area (Å²) in [7, 11) is 0. The van der Waals surface area contributed by atoms with Gasteiger partial charge in [-0.05, 0) is 61.0 Å². The van der Waals surface area contributed by atoms with Crippen LogP contribution in [0, 0.1) is 22.2 Å². The van der Waals surface area contributed by atoms with Crippen molar-refractivity contribution in [3.63, 3.8) is 0 Å². The molecule has 0 aliphatic heterocycles. The van der Waals surface area contributed by atoms with Gasteiger partial charge in [-0.3, -0.25) is 10.2 Å². The lowest BCUT2D eigenvalue weighted by Gasteiger charge is -2.64. The van der Waals surface area contributed by atoms with Crippen LogP contribution in [0.1, 0.15) is 71.5 Å². The van der Waals surface area contributed by atoms with Crippen molar-refractivity contribution in [3.8, 4) is 0 Å². The fraction of sp³-hybridized carbons (Fsp3) is 0.833. The number of thioether (sulfide) groups is 1. The van der Waals surface area contributed by atoms with E-state index >= 15 is 0 Å². The molecule has 4 saturated carbocycles. The Morgan fingerprint density at radius 2 is 1.88 bits per heavy atom. The third kappa shape index (κ3) is 2.84. The Kier molecular flexibility index (Phi) is 4.13. The molecular weight excluding hydrogens is 358 g/mol. The van der Waals surface area contributed by atoms with Gasteiger partial charge in [0.05, 0.1) is 5.41 Å². The monoisotopic (exact) mass is 384 g/mol. The summed E-state index contributed by atoms with van der Waals surface area (Å²) < 4.78 is 27.8. The lowest BCUT2D eigenvalue weighted by molar-refractivity contribution is -0.166. The maximum Gasteiger partial charge on any atom is 0.299 e. The quantitative estimate of drug-likeness (QED) is 0.765. The molecule has 0 saturated heterocycles. The van der Waals surface area contributed by atoms with Gasteiger partial charge in [0.2, 0.25) is 16.9 Å². The topological polar surface area (TPSA) is 59.8 Å². The number of amides is 1. The maximum atomic E-state index is 13.3. The van der Waals surface area contributed by atoms with Crippen molar-refractivity contribution < 1.29 is 13.6 Å². The molecule has 4 bridgehead atoms. The van der Waals surface area contributed by atoms with E-state index in [0.29, 0.717) is 16.8 Å². The van der Waals surface area contributed by atoms with Gasteiger partial charge in [0.1, 0.15) is 0 Å². The van der Waals surface area contributed by atoms with E-state index in [1.54, 1.807) is 0 Å². The smallest absolute Gasteiger partial charge is 0.273 e. The summed E-state index contributed by atoms with van der Waals surface area (Å²) in [5.41, 5.74) is 2.68. The summed E-state index contributed by atoms with van der Waals surface area (Å²) in [6, 6.07) is 0. The SMILES string of the molecule is CCSc1nnc(C(F)F)n1NC(=O)C12CC3CC(C)(CC(C)(C3)C1)C2. The molecule has 4 aliphatic rings. The third-order valence-electron chi connectivity index (χ3n) is 6.45. The number of aromatic nitrogens is 3. The molecular formula is C18H26F2N4OS. The first kappa shape index (κ1) is 18.2. The third-order valence-corrected chi connectivity index (χ3v) is 7.26. The van der Waals surface area contributed by atoms with Gasteiger partial charge in [-0.15, -0.1) is 10.2 Å². The summed E-state index contributed by atoms with van der Waals surface area (Å²) in [5, 5.41) is 7.74. The fourth-order valence-electron chi connectivity index (χ4n) is 6.67.